The summed E-state index contributed by atoms with van der Waals surface area (Å²) in [5, 5.41) is 2.69. The third-order valence-electron chi connectivity index (χ3n) is 4.15. The van der Waals surface area contributed by atoms with Gasteiger partial charge >= 0.3 is 0 Å². The molecule has 30 heavy (non-hydrogen) atoms. The van der Waals surface area contributed by atoms with Gasteiger partial charge in [0, 0.05) is 29.1 Å². The topological polar surface area (TPSA) is 64.1 Å². The van der Waals surface area contributed by atoms with Crippen LogP contribution < -0.4 is 10.1 Å². The second-order valence-electron chi connectivity index (χ2n) is 6.32. The van der Waals surface area contributed by atoms with Crippen LogP contribution in [0.2, 0.25) is 0 Å². The molecule has 0 saturated heterocycles. The highest BCUT2D eigenvalue weighted by Gasteiger charge is 2.09. The molecule has 4 rings (SSSR count). The molecule has 0 aliphatic rings. The van der Waals surface area contributed by atoms with E-state index in [9.17, 15) is 13.6 Å². The van der Waals surface area contributed by atoms with Crippen LogP contribution >= 0.6 is 0 Å². The van der Waals surface area contributed by atoms with Crippen LogP contribution in [0.15, 0.2) is 85.1 Å². The fraction of sp³-hybridized carbons (Fsp3) is 0. The monoisotopic (exact) mass is 403 g/mol. The number of amides is 1. The Hall–Kier alpha value is -4.13. The van der Waals surface area contributed by atoms with E-state index in [4.69, 9.17) is 4.74 Å². The van der Waals surface area contributed by atoms with Crippen LogP contribution in [0.1, 0.15) is 10.4 Å². The van der Waals surface area contributed by atoms with Crippen LogP contribution in [0.5, 0.6) is 11.6 Å². The summed E-state index contributed by atoms with van der Waals surface area (Å²) in [6, 6.07) is 19.5. The summed E-state index contributed by atoms with van der Waals surface area (Å²) >= 11 is 0. The summed E-state index contributed by atoms with van der Waals surface area (Å²) in [5.41, 5.74) is 1.49. The van der Waals surface area contributed by atoms with E-state index in [-0.39, 0.29) is 23.4 Å². The maximum atomic E-state index is 13.1. The number of carbonyl (C=O) groups is 1. The molecule has 0 aliphatic heterocycles. The molecular formula is C23H15F2N3O2. The summed E-state index contributed by atoms with van der Waals surface area (Å²) < 4.78 is 31.9. The van der Waals surface area contributed by atoms with E-state index >= 15 is 0 Å². The first-order valence-electron chi connectivity index (χ1n) is 9.01. The molecule has 5 nitrogen and oxygen atoms in total. The highest BCUT2D eigenvalue weighted by Crippen LogP contribution is 2.23. The minimum atomic E-state index is -0.381. The Morgan fingerprint density at radius 2 is 1.57 bits per heavy atom. The van der Waals surface area contributed by atoms with E-state index in [1.165, 1.54) is 42.6 Å². The fourth-order valence-corrected chi connectivity index (χ4v) is 2.70. The van der Waals surface area contributed by atoms with Crippen LogP contribution in [-0.2, 0) is 0 Å². The number of nitrogens with zero attached hydrogens (tertiary/aromatic N) is 2. The normalized spacial score (nSPS) is 10.5. The quantitative estimate of drug-likeness (QED) is 0.480. The standard InChI is InChI=1S/C23H15F2N3O2/c24-17-6-4-15(5-7-17)22-26-13-12-21(28-22)30-20-3-1-2-16(14-20)23(29)27-19-10-8-18(25)9-11-19/h1-14H,(H,27,29). The summed E-state index contributed by atoms with van der Waals surface area (Å²) in [5.74, 6) is -0.0134. The van der Waals surface area contributed by atoms with Gasteiger partial charge in [-0.05, 0) is 66.7 Å². The van der Waals surface area contributed by atoms with Crippen molar-refractivity contribution < 1.29 is 18.3 Å². The zero-order valence-corrected chi connectivity index (χ0v) is 15.5. The van der Waals surface area contributed by atoms with Gasteiger partial charge in [-0.25, -0.2) is 13.8 Å². The molecule has 0 fully saturated rings. The lowest BCUT2D eigenvalue weighted by Crippen LogP contribution is -2.11. The van der Waals surface area contributed by atoms with E-state index in [2.05, 4.69) is 15.3 Å². The number of hydrogen-bond acceptors (Lipinski definition) is 4. The molecule has 1 heterocycles. The van der Waals surface area contributed by atoms with Crippen molar-refractivity contribution in [3.8, 4) is 23.0 Å². The average molecular weight is 403 g/mol. The number of halogens is 2. The maximum Gasteiger partial charge on any atom is 0.255 e. The molecule has 7 heteroatoms. The number of benzene rings is 3. The van der Waals surface area contributed by atoms with E-state index in [0.29, 0.717) is 28.4 Å². The van der Waals surface area contributed by atoms with Gasteiger partial charge in [-0.1, -0.05) is 6.07 Å². The molecule has 1 amide bonds. The molecular weight excluding hydrogens is 388 g/mol. The van der Waals surface area contributed by atoms with Gasteiger partial charge < -0.3 is 10.1 Å². The van der Waals surface area contributed by atoms with Gasteiger partial charge in [0.15, 0.2) is 5.82 Å². The molecule has 0 radical (unpaired) electrons. The van der Waals surface area contributed by atoms with Crippen molar-refractivity contribution in [2.75, 3.05) is 5.32 Å². The second kappa shape index (κ2) is 8.48. The molecule has 4 aromatic rings. The fourth-order valence-electron chi connectivity index (χ4n) is 2.70. The number of ether oxygens (including phenoxy) is 1. The summed E-state index contributed by atoms with van der Waals surface area (Å²) in [4.78, 5) is 21.0. The van der Waals surface area contributed by atoms with Crippen molar-refractivity contribution >= 4 is 11.6 Å². The Morgan fingerprint density at radius 1 is 0.867 bits per heavy atom. The molecule has 148 valence electrons. The Morgan fingerprint density at radius 3 is 2.30 bits per heavy atom. The van der Waals surface area contributed by atoms with Crippen LogP contribution in [0.3, 0.4) is 0 Å². The largest absolute Gasteiger partial charge is 0.439 e. The predicted molar refractivity (Wildman–Crippen MR) is 108 cm³/mol. The van der Waals surface area contributed by atoms with Crippen molar-refractivity contribution in [2.24, 2.45) is 0 Å². The molecule has 0 spiro atoms. The number of nitrogens with one attached hydrogen (secondary N) is 1. The predicted octanol–water partition coefficient (Wildman–Crippen LogP) is 5.47. The molecule has 3 aromatic carbocycles. The zero-order valence-electron chi connectivity index (χ0n) is 15.5. The van der Waals surface area contributed by atoms with Crippen molar-refractivity contribution in [3.05, 3.63) is 102 Å². The number of hydrogen-bond donors (Lipinski definition) is 1. The van der Waals surface area contributed by atoms with Gasteiger partial charge in [-0.3, -0.25) is 4.79 Å². The Kier molecular flexibility index (Phi) is 5.43. The van der Waals surface area contributed by atoms with E-state index in [1.807, 2.05) is 0 Å². The zero-order chi connectivity index (χ0) is 20.9. The number of rotatable bonds is 5. The first-order valence-corrected chi connectivity index (χ1v) is 9.01. The molecule has 1 N–H and O–H groups in total. The maximum absolute atomic E-state index is 13.1. The molecule has 1 aromatic heterocycles. The lowest BCUT2D eigenvalue weighted by atomic mass is 10.2. The highest BCUT2D eigenvalue weighted by molar-refractivity contribution is 6.04. The van der Waals surface area contributed by atoms with Crippen LogP contribution in [0, 0.1) is 11.6 Å². The first kappa shape index (κ1) is 19.2. The number of aromatic nitrogens is 2. The SMILES string of the molecule is O=C(Nc1ccc(F)cc1)c1cccc(Oc2ccnc(-c3ccc(F)cc3)n2)c1. The van der Waals surface area contributed by atoms with Crippen molar-refractivity contribution in [1.29, 1.82) is 0 Å². The Balaban J connectivity index is 1.50. The van der Waals surface area contributed by atoms with Gasteiger partial charge in [-0.15, -0.1) is 0 Å². The van der Waals surface area contributed by atoms with E-state index in [0.717, 1.165) is 0 Å². The molecule has 0 saturated carbocycles. The van der Waals surface area contributed by atoms with E-state index < -0.39 is 0 Å². The molecule has 0 aliphatic carbocycles. The summed E-state index contributed by atoms with van der Waals surface area (Å²) in [6.07, 6.45) is 1.53. The third-order valence-corrected chi connectivity index (χ3v) is 4.15. The summed E-state index contributed by atoms with van der Waals surface area (Å²) in [6.45, 7) is 0. The van der Waals surface area contributed by atoms with E-state index in [1.54, 1.807) is 42.5 Å². The smallest absolute Gasteiger partial charge is 0.255 e. The minimum absolute atomic E-state index is 0.278. The van der Waals surface area contributed by atoms with Gasteiger partial charge in [0.25, 0.3) is 5.91 Å². The molecule has 0 atom stereocenters. The number of carbonyl (C=O) groups excluding carboxylic acids is 1. The van der Waals surface area contributed by atoms with Gasteiger partial charge in [0.2, 0.25) is 5.88 Å². The van der Waals surface area contributed by atoms with Crippen LogP contribution in [0.25, 0.3) is 11.4 Å². The Labute approximate surface area is 171 Å². The summed E-state index contributed by atoms with van der Waals surface area (Å²) in [7, 11) is 0. The van der Waals surface area contributed by atoms with Crippen molar-refractivity contribution in [3.63, 3.8) is 0 Å². The van der Waals surface area contributed by atoms with Crippen molar-refractivity contribution in [1.82, 2.24) is 9.97 Å². The lowest BCUT2D eigenvalue weighted by Gasteiger charge is -2.09. The van der Waals surface area contributed by atoms with Crippen LogP contribution in [-0.4, -0.2) is 15.9 Å². The molecule has 0 bridgehead atoms. The minimum Gasteiger partial charge on any atom is -0.439 e. The lowest BCUT2D eigenvalue weighted by molar-refractivity contribution is 0.102. The first-order chi connectivity index (χ1) is 14.6. The second-order valence-corrected chi connectivity index (χ2v) is 6.32. The van der Waals surface area contributed by atoms with Crippen molar-refractivity contribution in [2.45, 2.75) is 0 Å². The van der Waals surface area contributed by atoms with Gasteiger partial charge in [0.1, 0.15) is 17.4 Å². The van der Waals surface area contributed by atoms with Gasteiger partial charge in [-0.2, -0.15) is 4.98 Å². The molecule has 0 unspecified atom stereocenters. The van der Waals surface area contributed by atoms with Crippen LogP contribution in [0.4, 0.5) is 14.5 Å². The van der Waals surface area contributed by atoms with Gasteiger partial charge in [0.05, 0.1) is 0 Å². The number of anilines is 1. The highest BCUT2D eigenvalue weighted by atomic mass is 19.1. The average Bonchev–Trinajstić information content (AvgIpc) is 2.76. The third kappa shape index (κ3) is 4.64. The Bertz CT molecular complexity index is 1180.